The number of aliphatic carboxylic acids is 1. The number of nitrogens with zero attached hydrogens (tertiary/aromatic N) is 4. The van der Waals surface area contributed by atoms with E-state index in [1.807, 2.05) is 25.5 Å². The third kappa shape index (κ3) is 3.30. The fourth-order valence-corrected chi connectivity index (χ4v) is 1.59. The molecule has 0 aliphatic heterocycles. The lowest BCUT2D eigenvalue weighted by Gasteiger charge is -2.25. The normalized spacial score (nSPS) is 13.0. The van der Waals surface area contributed by atoms with Crippen molar-refractivity contribution in [1.82, 2.24) is 19.7 Å². The highest BCUT2D eigenvalue weighted by atomic mass is 16.4. The van der Waals surface area contributed by atoms with Crippen molar-refractivity contribution in [3.63, 3.8) is 0 Å². The molecule has 0 aliphatic carbocycles. The number of hydrogen-bond acceptors (Lipinski definition) is 4. The fourth-order valence-electron chi connectivity index (χ4n) is 1.59. The molecule has 0 bridgehead atoms. The number of hydrogen-bond donors (Lipinski definition) is 1. The number of carboxylic acids is 1. The molecule has 0 aromatic carbocycles. The van der Waals surface area contributed by atoms with E-state index in [1.165, 1.54) is 0 Å². The molecule has 0 aliphatic rings. The zero-order chi connectivity index (χ0) is 12.1. The molecule has 1 rings (SSSR count). The lowest BCUT2D eigenvalue weighted by Crippen LogP contribution is -2.34. The van der Waals surface area contributed by atoms with Crippen molar-refractivity contribution in [3.8, 4) is 0 Å². The van der Waals surface area contributed by atoms with Crippen molar-refractivity contribution in [2.45, 2.75) is 32.9 Å². The molecule has 6 nitrogen and oxygen atoms in total. The van der Waals surface area contributed by atoms with Crippen LogP contribution >= 0.6 is 0 Å². The molecule has 0 saturated carbocycles. The van der Waals surface area contributed by atoms with Crippen molar-refractivity contribution in [3.05, 3.63) is 12.2 Å². The van der Waals surface area contributed by atoms with Gasteiger partial charge in [0.15, 0.2) is 0 Å². The summed E-state index contributed by atoms with van der Waals surface area (Å²) in [4.78, 5) is 12.7. The molecule has 1 atom stereocenters. The van der Waals surface area contributed by atoms with Gasteiger partial charge in [0.2, 0.25) is 0 Å². The smallest absolute Gasteiger partial charge is 0.304 e. The Morgan fingerprint density at radius 3 is 2.81 bits per heavy atom. The third-order valence-electron chi connectivity index (χ3n) is 2.65. The molecular formula is C10H18N4O2. The summed E-state index contributed by atoms with van der Waals surface area (Å²) < 4.78 is 1.84. The Morgan fingerprint density at radius 2 is 2.38 bits per heavy atom. The molecule has 0 saturated heterocycles. The molecule has 1 aromatic rings. The van der Waals surface area contributed by atoms with E-state index >= 15 is 0 Å². The topological polar surface area (TPSA) is 71.2 Å². The summed E-state index contributed by atoms with van der Waals surface area (Å²) in [5, 5.41) is 16.5. The highest BCUT2D eigenvalue weighted by Gasteiger charge is 2.17. The van der Waals surface area contributed by atoms with Gasteiger partial charge in [-0.1, -0.05) is 6.92 Å². The molecule has 0 fully saturated rings. The van der Waals surface area contributed by atoms with Gasteiger partial charge in [-0.25, -0.2) is 0 Å². The van der Waals surface area contributed by atoms with E-state index in [2.05, 4.69) is 15.1 Å². The van der Waals surface area contributed by atoms with Crippen LogP contribution in [-0.4, -0.2) is 43.3 Å². The van der Waals surface area contributed by atoms with Gasteiger partial charge in [0.25, 0.3) is 0 Å². The maximum Gasteiger partial charge on any atom is 0.304 e. The minimum Gasteiger partial charge on any atom is -0.481 e. The van der Waals surface area contributed by atoms with Crippen LogP contribution in [0.3, 0.4) is 0 Å². The van der Waals surface area contributed by atoms with Crippen molar-refractivity contribution < 1.29 is 9.90 Å². The first-order valence-corrected chi connectivity index (χ1v) is 5.33. The number of aromatic nitrogens is 3. The van der Waals surface area contributed by atoms with Crippen LogP contribution in [0.25, 0.3) is 0 Å². The summed E-state index contributed by atoms with van der Waals surface area (Å²) >= 11 is 0. The molecule has 1 N–H and O–H groups in total. The molecular weight excluding hydrogens is 208 g/mol. The Bertz CT molecular complexity index is 350. The van der Waals surface area contributed by atoms with Crippen molar-refractivity contribution >= 4 is 5.97 Å². The fraction of sp³-hybridized carbons (Fsp3) is 0.700. The molecule has 0 radical (unpaired) electrons. The molecule has 1 unspecified atom stereocenters. The molecule has 1 aromatic heterocycles. The summed E-state index contributed by atoms with van der Waals surface area (Å²) in [6, 6.07) is -0.000741. The second kappa shape index (κ2) is 5.60. The molecule has 1 heterocycles. The maximum absolute atomic E-state index is 10.6. The van der Waals surface area contributed by atoms with Crippen LogP contribution in [0, 0.1) is 0 Å². The van der Waals surface area contributed by atoms with Gasteiger partial charge < -0.3 is 9.67 Å². The van der Waals surface area contributed by atoms with E-state index in [0.29, 0.717) is 6.54 Å². The van der Waals surface area contributed by atoms with Gasteiger partial charge >= 0.3 is 5.97 Å². The zero-order valence-corrected chi connectivity index (χ0v) is 9.92. The molecule has 16 heavy (non-hydrogen) atoms. The predicted octanol–water partition coefficient (Wildman–Crippen LogP) is 0.500. The Balaban J connectivity index is 2.61. The lowest BCUT2D eigenvalue weighted by atomic mass is 10.2. The number of carboxylic acid groups (broad SMARTS) is 1. The first-order chi connectivity index (χ1) is 7.54. The van der Waals surface area contributed by atoms with E-state index in [0.717, 1.165) is 12.4 Å². The third-order valence-corrected chi connectivity index (χ3v) is 2.65. The van der Waals surface area contributed by atoms with E-state index in [9.17, 15) is 4.79 Å². The Kier molecular flexibility index (Phi) is 4.42. The molecule has 6 heteroatoms. The monoisotopic (exact) mass is 226 g/mol. The van der Waals surface area contributed by atoms with Crippen LogP contribution in [0.4, 0.5) is 0 Å². The predicted molar refractivity (Wildman–Crippen MR) is 58.8 cm³/mol. The summed E-state index contributed by atoms with van der Waals surface area (Å²) in [6.45, 7) is 5.34. The van der Waals surface area contributed by atoms with Crippen molar-refractivity contribution in [2.24, 2.45) is 7.05 Å². The first-order valence-electron chi connectivity index (χ1n) is 5.33. The van der Waals surface area contributed by atoms with E-state index in [4.69, 9.17) is 5.11 Å². The Hall–Kier alpha value is -1.43. The number of rotatable bonds is 6. The average molecular weight is 226 g/mol. The summed E-state index contributed by atoms with van der Waals surface area (Å²) in [7, 11) is 1.88. The summed E-state index contributed by atoms with van der Waals surface area (Å²) in [5.41, 5.74) is 0. The van der Waals surface area contributed by atoms with Crippen LogP contribution in [0.2, 0.25) is 0 Å². The van der Waals surface area contributed by atoms with Gasteiger partial charge in [-0.15, -0.1) is 10.2 Å². The molecule has 90 valence electrons. The highest BCUT2D eigenvalue weighted by molar-refractivity contribution is 5.67. The quantitative estimate of drug-likeness (QED) is 0.764. The summed E-state index contributed by atoms with van der Waals surface area (Å²) in [6.07, 6.45) is 1.79. The second-order valence-corrected chi connectivity index (χ2v) is 3.87. The Labute approximate surface area is 94.9 Å². The standard InChI is InChI=1S/C10H18N4O2/c1-4-14(8(2)5-10(15)16)6-9-12-11-7-13(9)3/h7-8H,4-6H2,1-3H3,(H,15,16). The van der Waals surface area contributed by atoms with Crippen molar-refractivity contribution in [2.75, 3.05) is 6.54 Å². The number of aryl methyl sites for hydroxylation is 1. The summed E-state index contributed by atoms with van der Waals surface area (Å²) in [5.74, 6) is 0.0722. The second-order valence-electron chi connectivity index (χ2n) is 3.87. The lowest BCUT2D eigenvalue weighted by molar-refractivity contribution is -0.138. The molecule has 0 amide bonds. The van der Waals surface area contributed by atoms with Gasteiger partial charge in [-0.2, -0.15) is 0 Å². The van der Waals surface area contributed by atoms with Crippen LogP contribution in [-0.2, 0) is 18.4 Å². The van der Waals surface area contributed by atoms with E-state index in [1.54, 1.807) is 6.33 Å². The van der Waals surface area contributed by atoms with Crippen LogP contribution in [0.1, 0.15) is 26.1 Å². The van der Waals surface area contributed by atoms with Crippen LogP contribution < -0.4 is 0 Å². The van der Waals surface area contributed by atoms with Crippen LogP contribution in [0.5, 0.6) is 0 Å². The van der Waals surface area contributed by atoms with Gasteiger partial charge in [0, 0.05) is 13.1 Å². The maximum atomic E-state index is 10.6. The highest BCUT2D eigenvalue weighted by Crippen LogP contribution is 2.08. The largest absolute Gasteiger partial charge is 0.481 e. The van der Waals surface area contributed by atoms with Gasteiger partial charge in [0.1, 0.15) is 12.2 Å². The van der Waals surface area contributed by atoms with E-state index < -0.39 is 5.97 Å². The zero-order valence-electron chi connectivity index (χ0n) is 9.92. The average Bonchev–Trinajstić information content (AvgIpc) is 2.59. The van der Waals surface area contributed by atoms with Gasteiger partial charge in [0.05, 0.1) is 13.0 Å². The van der Waals surface area contributed by atoms with Crippen molar-refractivity contribution in [1.29, 1.82) is 0 Å². The number of carbonyl (C=O) groups is 1. The van der Waals surface area contributed by atoms with E-state index in [-0.39, 0.29) is 12.5 Å². The van der Waals surface area contributed by atoms with Gasteiger partial charge in [-0.3, -0.25) is 9.69 Å². The molecule has 0 spiro atoms. The van der Waals surface area contributed by atoms with Crippen LogP contribution in [0.15, 0.2) is 6.33 Å². The SMILES string of the molecule is CCN(Cc1nncn1C)C(C)CC(=O)O. The Morgan fingerprint density at radius 1 is 1.69 bits per heavy atom. The first kappa shape index (κ1) is 12.6. The van der Waals surface area contributed by atoms with Gasteiger partial charge in [-0.05, 0) is 13.5 Å². The minimum atomic E-state index is -0.774. The minimum absolute atomic E-state index is 0.000741.